The van der Waals surface area contributed by atoms with E-state index in [0.29, 0.717) is 10.8 Å². The normalized spacial score (nSPS) is 9.80. The second kappa shape index (κ2) is 5.98. The van der Waals surface area contributed by atoms with Crippen molar-refractivity contribution in [2.45, 2.75) is 6.42 Å². The van der Waals surface area contributed by atoms with Gasteiger partial charge in [0.05, 0.1) is 24.6 Å². The van der Waals surface area contributed by atoms with Crippen LogP contribution in [0.25, 0.3) is 0 Å². The van der Waals surface area contributed by atoms with E-state index in [4.69, 9.17) is 16.3 Å². The van der Waals surface area contributed by atoms with E-state index in [1.165, 1.54) is 7.11 Å². The summed E-state index contributed by atoms with van der Waals surface area (Å²) in [6.07, 6.45) is 0.228. The molecule has 0 aliphatic rings. The number of hydrogen-bond donors (Lipinski definition) is 0. The molecule has 0 spiro atoms. The first-order valence-corrected chi connectivity index (χ1v) is 5.45. The fourth-order valence-electron chi connectivity index (χ4n) is 0.939. The summed E-state index contributed by atoms with van der Waals surface area (Å²) in [6, 6.07) is 5.19. The Morgan fingerprint density at radius 1 is 1.53 bits per heavy atom. The van der Waals surface area contributed by atoms with Crippen LogP contribution in [0.3, 0.4) is 0 Å². The van der Waals surface area contributed by atoms with Crippen LogP contribution in [-0.4, -0.2) is 19.7 Å². The van der Waals surface area contributed by atoms with E-state index in [2.05, 4.69) is 20.7 Å². The highest BCUT2D eigenvalue weighted by Crippen LogP contribution is 2.27. The molecule has 1 aromatic carbocycles. The Balaban J connectivity index is 2.47. The molecular weight excluding hydrogens is 283 g/mol. The van der Waals surface area contributed by atoms with Crippen LogP contribution < -0.4 is 4.74 Å². The van der Waals surface area contributed by atoms with Crippen molar-refractivity contribution in [3.63, 3.8) is 0 Å². The minimum absolute atomic E-state index is 0.228. The van der Waals surface area contributed by atoms with E-state index in [0.717, 1.165) is 4.47 Å². The second-order valence-corrected chi connectivity index (χ2v) is 4.04. The number of carbonyl (C=O) groups excluding carboxylic acids is 1. The maximum Gasteiger partial charge on any atom is 0.308 e. The Bertz CT molecular complexity index is 355. The zero-order chi connectivity index (χ0) is 11.3. The summed E-state index contributed by atoms with van der Waals surface area (Å²) in [6.45, 7) is 0.285. The number of rotatable bonds is 4. The Labute approximate surface area is 101 Å². The molecule has 0 bridgehead atoms. The SMILES string of the molecule is COC(=O)CCOc1ccc(Cl)cc1Br. The van der Waals surface area contributed by atoms with Gasteiger partial charge in [0, 0.05) is 5.02 Å². The van der Waals surface area contributed by atoms with E-state index < -0.39 is 0 Å². The molecule has 0 saturated carbocycles. The molecule has 0 aliphatic heterocycles. The molecular formula is C10H10BrClO3. The maximum atomic E-state index is 10.8. The van der Waals surface area contributed by atoms with Crippen molar-refractivity contribution in [2.24, 2.45) is 0 Å². The molecule has 0 heterocycles. The third-order valence-corrected chi connectivity index (χ3v) is 2.54. The van der Waals surface area contributed by atoms with Crippen molar-refractivity contribution in [1.29, 1.82) is 0 Å². The molecule has 5 heteroatoms. The van der Waals surface area contributed by atoms with Gasteiger partial charge in [-0.1, -0.05) is 11.6 Å². The molecule has 15 heavy (non-hydrogen) atoms. The number of ether oxygens (including phenoxy) is 2. The van der Waals surface area contributed by atoms with Gasteiger partial charge in [0.1, 0.15) is 5.75 Å². The second-order valence-electron chi connectivity index (χ2n) is 2.75. The highest BCUT2D eigenvalue weighted by molar-refractivity contribution is 9.10. The average molecular weight is 294 g/mol. The zero-order valence-electron chi connectivity index (χ0n) is 8.13. The molecule has 1 rings (SSSR count). The van der Waals surface area contributed by atoms with Crippen LogP contribution >= 0.6 is 27.5 Å². The van der Waals surface area contributed by atoms with Gasteiger partial charge in [0.25, 0.3) is 0 Å². The summed E-state index contributed by atoms with van der Waals surface area (Å²) < 4.78 is 10.6. The zero-order valence-corrected chi connectivity index (χ0v) is 10.5. The lowest BCUT2D eigenvalue weighted by Crippen LogP contribution is -2.07. The first-order valence-electron chi connectivity index (χ1n) is 4.28. The van der Waals surface area contributed by atoms with Crippen LogP contribution in [-0.2, 0) is 9.53 Å². The van der Waals surface area contributed by atoms with Crippen molar-refractivity contribution in [3.8, 4) is 5.75 Å². The Hall–Kier alpha value is -0.740. The predicted octanol–water partition coefficient (Wildman–Crippen LogP) is 3.04. The summed E-state index contributed by atoms with van der Waals surface area (Å²) >= 11 is 9.07. The van der Waals surface area contributed by atoms with Gasteiger partial charge < -0.3 is 9.47 Å². The third kappa shape index (κ3) is 4.10. The maximum absolute atomic E-state index is 10.8. The van der Waals surface area contributed by atoms with Crippen molar-refractivity contribution in [3.05, 3.63) is 27.7 Å². The first-order chi connectivity index (χ1) is 7.13. The topological polar surface area (TPSA) is 35.5 Å². The standard InChI is InChI=1S/C10H10BrClO3/c1-14-10(13)4-5-15-9-3-2-7(12)6-8(9)11/h2-3,6H,4-5H2,1H3. The van der Waals surface area contributed by atoms with Gasteiger partial charge in [-0.2, -0.15) is 0 Å². The number of hydrogen-bond acceptors (Lipinski definition) is 3. The van der Waals surface area contributed by atoms with Gasteiger partial charge >= 0.3 is 5.97 Å². The van der Waals surface area contributed by atoms with Crippen molar-refractivity contribution in [2.75, 3.05) is 13.7 Å². The minimum Gasteiger partial charge on any atom is -0.492 e. The minimum atomic E-state index is -0.292. The van der Waals surface area contributed by atoms with Crippen molar-refractivity contribution >= 4 is 33.5 Å². The third-order valence-electron chi connectivity index (χ3n) is 1.69. The van der Waals surface area contributed by atoms with Gasteiger partial charge in [-0.05, 0) is 34.1 Å². The van der Waals surface area contributed by atoms with E-state index in [9.17, 15) is 4.79 Å². The Morgan fingerprint density at radius 3 is 2.87 bits per heavy atom. The smallest absolute Gasteiger partial charge is 0.308 e. The van der Waals surface area contributed by atoms with Gasteiger partial charge in [0.15, 0.2) is 0 Å². The van der Waals surface area contributed by atoms with E-state index in [1.807, 2.05) is 0 Å². The molecule has 82 valence electrons. The highest BCUT2D eigenvalue weighted by Gasteiger charge is 2.04. The fraction of sp³-hybridized carbons (Fsp3) is 0.300. The monoisotopic (exact) mass is 292 g/mol. The van der Waals surface area contributed by atoms with Crippen LogP contribution in [0.4, 0.5) is 0 Å². The van der Waals surface area contributed by atoms with Crippen molar-refractivity contribution < 1.29 is 14.3 Å². The van der Waals surface area contributed by atoms with Crippen LogP contribution in [0.15, 0.2) is 22.7 Å². The van der Waals surface area contributed by atoms with Gasteiger partial charge in [0.2, 0.25) is 0 Å². The summed E-state index contributed by atoms with van der Waals surface area (Å²) in [7, 11) is 1.35. The number of methoxy groups -OCH3 is 1. The Morgan fingerprint density at radius 2 is 2.27 bits per heavy atom. The van der Waals surface area contributed by atoms with Crippen LogP contribution in [0, 0.1) is 0 Å². The average Bonchev–Trinajstić information content (AvgIpc) is 2.21. The number of halogens is 2. The molecule has 0 N–H and O–H groups in total. The molecule has 0 radical (unpaired) electrons. The lowest BCUT2D eigenvalue weighted by Gasteiger charge is -2.07. The van der Waals surface area contributed by atoms with E-state index >= 15 is 0 Å². The molecule has 0 saturated heterocycles. The van der Waals surface area contributed by atoms with Gasteiger partial charge in [-0.3, -0.25) is 4.79 Å². The summed E-state index contributed by atoms with van der Waals surface area (Å²) in [5, 5.41) is 0.627. The van der Waals surface area contributed by atoms with E-state index in [-0.39, 0.29) is 19.0 Å². The van der Waals surface area contributed by atoms with Gasteiger partial charge in [-0.25, -0.2) is 0 Å². The molecule has 0 atom stereocenters. The molecule has 0 fully saturated rings. The molecule has 0 amide bonds. The highest BCUT2D eigenvalue weighted by atomic mass is 79.9. The lowest BCUT2D eigenvalue weighted by molar-refractivity contribution is -0.141. The number of carbonyl (C=O) groups is 1. The van der Waals surface area contributed by atoms with Crippen LogP contribution in [0.5, 0.6) is 5.75 Å². The Kier molecular flexibility index (Phi) is 4.91. The van der Waals surface area contributed by atoms with E-state index in [1.54, 1.807) is 18.2 Å². The van der Waals surface area contributed by atoms with Crippen LogP contribution in [0.2, 0.25) is 5.02 Å². The molecule has 0 aromatic heterocycles. The quantitative estimate of drug-likeness (QED) is 0.801. The summed E-state index contributed by atoms with van der Waals surface area (Å²) in [5.41, 5.74) is 0. The molecule has 0 unspecified atom stereocenters. The number of esters is 1. The predicted molar refractivity (Wildman–Crippen MR) is 61.3 cm³/mol. The molecule has 3 nitrogen and oxygen atoms in total. The number of benzene rings is 1. The largest absolute Gasteiger partial charge is 0.492 e. The summed E-state index contributed by atoms with van der Waals surface area (Å²) in [4.78, 5) is 10.8. The van der Waals surface area contributed by atoms with Crippen molar-refractivity contribution in [1.82, 2.24) is 0 Å². The lowest BCUT2D eigenvalue weighted by atomic mass is 10.3. The molecule has 1 aromatic rings. The van der Waals surface area contributed by atoms with Gasteiger partial charge in [-0.15, -0.1) is 0 Å². The fourth-order valence-corrected chi connectivity index (χ4v) is 1.74. The van der Waals surface area contributed by atoms with Crippen LogP contribution in [0.1, 0.15) is 6.42 Å². The first kappa shape index (κ1) is 12.3. The molecule has 0 aliphatic carbocycles. The summed E-state index contributed by atoms with van der Waals surface area (Å²) in [5.74, 6) is 0.364.